The number of anilines is 2. The fourth-order valence-electron chi connectivity index (χ4n) is 3.84. The molecule has 0 bridgehead atoms. The third kappa shape index (κ3) is 4.52. The number of benzene rings is 1. The van der Waals surface area contributed by atoms with Gasteiger partial charge in [-0.1, -0.05) is 17.7 Å². The van der Waals surface area contributed by atoms with Crippen molar-refractivity contribution >= 4 is 28.8 Å². The van der Waals surface area contributed by atoms with Gasteiger partial charge in [-0.25, -0.2) is 9.37 Å². The minimum atomic E-state index is -0.599. The zero-order chi connectivity index (χ0) is 22.0. The number of aliphatic hydroxyl groups is 1. The molecule has 1 atom stereocenters. The molecule has 0 saturated carbocycles. The second-order valence-corrected chi connectivity index (χ2v) is 7.99. The summed E-state index contributed by atoms with van der Waals surface area (Å²) in [5.74, 6) is -0.897. The van der Waals surface area contributed by atoms with Gasteiger partial charge in [0.1, 0.15) is 5.69 Å². The Bertz CT molecular complexity index is 1120. The maximum atomic E-state index is 14.4. The van der Waals surface area contributed by atoms with Crippen molar-refractivity contribution < 1.29 is 14.3 Å². The molecule has 8 heteroatoms. The number of β-amino-alcohol motifs (C(OH)–C–C–N with tert-alkyl or cyclic N) is 1. The van der Waals surface area contributed by atoms with Gasteiger partial charge in [-0.15, -0.1) is 0 Å². The molecule has 0 spiro atoms. The third-order valence-electron chi connectivity index (χ3n) is 5.38. The van der Waals surface area contributed by atoms with Crippen LogP contribution in [0, 0.1) is 5.82 Å². The zero-order valence-electron chi connectivity index (χ0n) is 16.8. The van der Waals surface area contributed by atoms with Crippen LogP contribution in [0.5, 0.6) is 0 Å². The summed E-state index contributed by atoms with van der Waals surface area (Å²) in [6.07, 6.45) is 4.59. The number of carbonyl (C=O) groups is 1. The molecule has 160 valence electrons. The smallest absolute Gasteiger partial charge is 0.187 e. The summed E-state index contributed by atoms with van der Waals surface area (Å²) in [6, 6.07) is 9.57. The van der Waals surface area contributed by atoms with E-state index in [1.165, 1.54) is 6.07 Å². The number of hydrogen-bond acceptors (Lipinski definition) is 6. The van der Waals surface area contributed by atoms with E-state index < -0.39 is 11.9 Å². The van der Waals surface area contributed by atoms with E-state index in [0.29, 0.717) is 6.54 Å². The molecular weight excluding hydrogens is 419 g/mol. The maximum Gasteiger partial charge on any atom is 0.187 e. The summed E-state index contributed by atoms with van der Waals surface area (Å²) >= 11 is 5.88. The van der Waals surface area contributed by atoms with E-state index in [1.54, 1.807) is 36.7 Å². The summed E-state index contributed by atoms with van der Waals surface area (Å²) < 4.78 is 14.4. The SMILES string of the molecule is Nc1ccc(-c2cccc(Cl)c2F)nc1C(=O)Cc1cnccc1N1CCCC(O)C1. The van der Waals surface area contributed by atoms with E-state index in [1.807, 2.05) is 6.07 Å². The second-order valence-electron chi connectivity index (χ2n) is 7.58. The van der Waals surface area contributed by atoms with Crippen LogP contribution in [0.25, 0.3) is 11.3 Å². The van der Waals surface area contributed by atoms with Crippen molar-refractivity contribution in [2.75, 3.05) is 23.7 Å². The number of nitrogens with zero attached hydrogens (tertiary/aromatic N) is 3. The van der Waals surface area contributed by atoms with Gasteiger partial charge >= 0.3 is 0 Å². The fraction of sp³-hybridized carbons (Fsp3) is 0.261. The topological polar surface area (TPSA) is 92.3 Å². The lowest BCUT2D eigenvalue weighted by atomic mass is 10.0. The Morgan fingerprint density at radius 3 is 2.94 bits per heavy atom. The largest absolute Gasteiger partial charge is 0.397 e. The Morgan fingerprint density at radius 2 is 2.13 bits per heavy atom. The molecular formula is C23H22ClFN4O2. The maximum absolute atomic E-state index is 14.4. The monoisotopic (exact) mass is 440 g/mol. The van der Waals surface area contributed by atoms with Crippen LogP contribution in [0.2, 0.25) is 5.02 Å². The molecule has 4 rings (SSSR count). The first-order valence-corrected chi connectivity index (χ1v) is 10.4. The Morgan fingerprint density at radius 1 is 1.29 bits per heavy atom. The van der Waals surface area contributed by atoms with Gasteiger partial charge in [-0.05, 0) is 43.2 Å². The molecule has 1 aromatic carbocycles. The number of piperidine rings is 1. The minimum absolute atomic E-state index is 0.0206. The van der Waals surface area contributed by atoms with Crippen molar-refractivity contribution in [3.8, 4) is 11.3 Å². The van der Waals surface area contributed by atoms with Crippen LogP contribution in [0.4, 0.5) is 15.8 Å². The molecule has 1 aliphatic rings. The number of rotatable bonds is 5. The number of ketones is 1. The predicted molar refractivity (Wildman–Crippen MR) is 119 cm³/mol. The number of carbonyl (C=O) groups excluding carboxylic acids is 1. The van der Waals surface area contributed by atoms with Crippen molar-refractivity contribution in [2.45, 2.75) is 25.4 Å². The molecule has 2 aromatic heterocycles. The van der Waals surface area contributed by atoms with Crippen LogP contribution in [0.1, 0.15) is 28.9 Å². The van der Waals surface area contributed by atoms with Crippen LogP contribution < -0.4 is 10.6 Å². The van der Waals surface area contributed by atoms with Crippen LogP contribution >= 0.6 is 11.6 Å². The molecule has 1 saturated heterocycles. The molecule has 0 radical (unpaired) electrons. The molecule has 0 aliphatic carbocycles. The van der Waals surface area contributed by atoms with Crippen molar-refractivity contribution in [3.05, 3.63) is 70.9 Å². The first kappa shape index (κ1) is 21.2. The van der Waals surface area contributed by atoms with E-state index in [2.05, 4.69) is 14.9 Å². The fourth-order valence-corrected chi connectivity index (χ4v) is 4.01. The van der Waals surface area contributed by atoms with Gasteiger partial charge < -0.3 is 15.7 Å². The number of nitrogen functional groups attached to an aromatic ring is 1. The highest BCUT2D eigenvalue weighted by Gasteiger charge is 2.22. The number of Topliss-reactive ketones (excluding diaryl/α,β-unsaturated/α-hetero) is 1. The molecule has 6 nitrogen and oxygen atoms in total. The lowest BCUT2D eigenvalue weighted by Gasteiger charge is -2.33. The highest BCUT2D eigenvalue weighted by Crippen LogP contribution is 2.29. The molecule has 1 fully saturated rings. The summed E-state index contributed by atoms with van der Waals surface area (Å²) in [5, 5.41) is 10.00. The van der Waals surface area contributed by atoms with Gasteiger partial charge in [0.05, 0.1) is 22.5 Å². The van der Waals surface area contributed by atoms with Gasteiger partial charge in [-0.3, -0.25) is 9.78 Å². The van der Waals surface area contributed by atoms with Crippen LogP contribution in [-0.4, -0.2) is 40.1 Å². The molecule has 3 aromatic rings. The van der Waals surface area contributed by atoms with Crippen molar-refractivity contribution in [3.63, 3.8) is 0 Å². The molecule has 1 aliphatic heterocycles. The zero-order valence-corrected chi connectivity index (χ0v) is 17.5. The Kier molecular flexibility index (Phi) is 6.15. The first-order valence-electron chi connectivity index (χ1n) is 10.0. The predicted octanol–water partition coefficient (Wildman–Crippen LogP) is 3.90. The number of hydrogen-bond donors (Lipinski definition) is 2. The van der Waals surface area contributed by atoms with Gasteiger partial charge in [0.15, 0.2) is 11.6 Å². The van der Waals surface area contributed by atoms with Gasteiger partial charge in [0, 0.05) is 48.7 Å². The van der Waals surface area contributed by atoms with Gasteiger partial charge in [0.25, 0.3) is 0 Å². The highest BCUT2D eigenvalue weighted by molar-refractivity contribution is 6.31. The summed E-state index contributed by atoms with van der Waals surface area (Å²) in [4.78, 5) is 23.7. The summed E-state index contributed by atoms with van der Waals surface area (Å²) in [5.41, 5.74) is 8.38. The van der Waals surface area contributed by atoms with E-state index >= 15 is 0 Å². The average molecular weight is 441 g/mol. The summed E-state index contributed by atoms with van der Waals surface area (Å²) in [7, 11) is 0. The lowest BCUT2D eigenvalue weighted by Crippen LogP contribution is -2.38. The Balaban J connectivity index is 1.64. The number of pyridine rings is 2. The van der Waals surface area contributed by atoms with E-state index in [-0.39, 0.29) is 39.9 Å². The van der Waals surface area contributed by atoms with Crippen LogP contribution in [-0.2, 0) is 6.42 Å². The molecule has 0 amide bonds. The van der Waals surface area contributed by atoms with Crippen LogP contribution in [0.15, 0.2) is 48.8 Å². The quantitative estimate of drug-likeness (QED) is 0.584. The van der Waals surface area contributed by atoms with Gasteiger partial charge in [0.2, 0.25) is 0 Å². The normalized spacial score (nSPS) is 16.4. The van der Waals surface area contributed by atoms with Crippen molar-refractivity contribution in [1.29, 1.82) is 0 Å². The van der Waals surface area contributed by atoms with Crippen molar-refractivity contribution in [1.82, 2.24) is 9.97 Å². The number of aliphatic hydroxyl groups excluding tert-OH is 1. The lowest BCUT2D eigenvalue weighted by molar-refractivity contribution is 0.0989. The second kappa shape index (κ2) is 8.99. The molecule has 3 N–H and O–H groups in total. The Hall–Kier alpha value is -3.03. The van der Waals surface area contributed by atoms with E-state index in [4.69, 9.17) is 17.3 Å². The number of nitrogens with two attached hydrogens (primary N) is 1. The third-order valence-corrected chi connectivity index (χ3v) is 5.68. The number of aromatic nitrogens is 2. The molecule has 3 heterocycles. The molecule has 31 heavy (non-hydrogen) atoms. The molecule has 1 unspecified atom stereocenters. The average Bonchev–Trinajstić information content (AvgIpc) is 2.76. The van der Waals surface area contributed by atoms with E-state index in [0.717, 1.165) is 30.6 Å². The minimum Gasteiger partial charge on any atom is -0.397 e. The Labute approximate surface area is 184 Å². The van der Waals surface area contributed by atoms with Crippen molar-refractivity contribution in [2.24, 2.45) is 0 Å². The van der Waals surface area contributed by atoms with Gasteiger partial charge in [-0.2, -0.15) is 0 Å². The summed E-state index contributed by atoms with van der Waals surface area (Å²) in [6.45, 7) is 1.31. The standard InChI is InChI=1S/C23H22ClFN4O2/c24-17-5-1-4-16(22(17)25)19-7-6-18(26)23(28-19)21(31)11-14-12-27-9-8-20(14)29-10-2-3-15(30)13-29/h1,4-9,12,15,30H,2-3,10-11,13,26H2. The first-order chi connectivity index (χ1) is 14.9. The highest BCUT2D eigenvalue weighted by atomic mass is 35.5. The number of halogens is 2. The van der Waals surface area contributed by atoms with E-state index in [9.17, 15) is 14.3 Å². The van der Waals surface area contributed by atoms with Crippen LogP contribution in [0.3, 0.4) is 0 Å².